The zero-order chi connectivity index (χ0) is 70.6. The van der Waals surface area contributed by atoms with Crippen LogP contribution >= 0.6 is 111 Å². The molecule has 2 N–H and O–H groups in total. The van der Waals surface area contributed by atoms with Crippen LogP contribution in [-0.2, 0) is 18.4 Å². The molecule has 3 aliphatic carbocycles. The Bertz CT molecular complexity index is 5060. The average molecular weight is 1690 g/mol. The summed E-state index contributed by atoms with van der Waals surface area (Å²) in [6, 6.07) is 64.9. The first-order valence-electron chi connectivity index (χ1n) is 34.3. The molecule has 1 saturated heterocycles. The third-order valence-corrected chi connectivity index (χ3v) is 26.5. The Labute approximate surface area is 640 Å². The van der Waals surface area contributed by atoms with E-state index in [1.807, 2.05) is 112 Å². The number of halogens is 5. The molecule has 3 heterocycles. The minimum absolute atomic E-state index is 0.0358. The summed E-state index contributed by atoms with van der Waals surface area (Å²) in [6.45, 7) is 8.11. The molecule has 100 heavy (non-hydrogen) atoms. The molecule has 3 saturated carbocycles. The van der Waals surface area contributed by atoms with Crippen LogP contribution in [0.15, 0.2) is 249 Å². The quantitative estimate of drug-likeness (QED) is 0.0625. The summed E-state index contributed by atoms with van der Waals surface area (Å²) >= 11 is 22.5. The van der Waals surface area contributed by atoms with Gasteiger partial charge in [-0.3, -0.25) is 9.59 Å². The molecule has 0 amide bonds. The lowest BCUT2D eigenvalue weighted by Crippen LogP contribution is -2.41. The van der Waals surface area contributed by atoms with Gasteiger partial charge in [-0.1, -0.05) is 219 Å². The molecule has 0 unspecified atom stereocenters. The summed E-state index contributed by atoms with van der Waals surface area (Å²) in [6.07, 6.45) is 24.4. The lowest BCUT2D eigenvalue weighted by Gasteiger charge is -2.32. The maximum absolute atomic E-state index is 12.0. The number of nitrogens with one attached hydrogen (secondary N) is 2. The van der Waals surface area contributed by atoms with Gasteiger partial charge in [-0.25, -0.2) is 8.42 Å². The van der Waals surface area contributed by atoms with Crippen molar-refractivity contribution in [2.75, 3.05) is 0 Å². The molecule has 18 heteroatoms. The van der Waals surface area contributed by atoms with E-state index in [1.54, 1.807) is 24.5 Å². The van der Waals surface area contributed by atoms with Crippen molar-refractivity contribution in [1.82, 2.24) is 9.97 Å². The second-order valence-corrected chi connectivity index (χ2v) is 36.5. The number of thioether (sulfide) groups is 2. The third kappa shape index (κ3) is 20.0. The van der Waals surface area contributed by atoms with Gasteiger partial charge in [-0.05, 0) is 234 Å². The van der Waals surface area contributed by atoms with Crippen LogP contribution in [0.25, 0.3) is 75.8 Å². The normalized spacial score (nSPS) is 16.3. The van der Waals surface area contributed by atoms with Crippen LogP contribution in [0.4, 0.5) is 0 Å². The van der Waals surface area contributed by atoms with Gasteiger partial charge in [-0.15, -0.1) is 36.2 Å². The highest BCUT2D eigenvalue weighted by atomic mass is 79.9. The summed E-state index contributed by atoms with van der Waals surface area (Å²) in [5.74, 6) is 0. The number of rotatable bonds is 7. The SMILES string of the molecule is BrC1CCCCC1.Brc1cccc2cc(SC3CCCCC3)ccc12.CC1(C)OB(c2ccc3c(=O)[nH]ccc3c2)OC1(C)C.O=S(=O)(Cl)c1ccc2c(Br)cccc2c1.O=c1[nH]ccc2cc(-c3cccc4cc(SC5CCCCC5)ccc34)ccc12.Sc1ccc2c(Br)cccc2c1. The number of pyridine rings is 2. The fourth-order valence-corrected chi connectivity index (χ4v) is 18.8. The topological polar surface area (TPSA) is 118 Å². The molecule has 8 nitrogen and oxygen atoms in total. The molecule has 16 rings (SSSR count). The molecule has 12 aromatic rings. The van der Waals surface area contributed by atoms with Crippen LogP contribution < -0.4 is 16.6 Å². The summed E-state index contributed by atoms with van der Waals surface area (Å²) in [4.78, 5) is 33.9. The maximum Gasteiger partial charge on any atom is 0.494 e. The Morgan fingerprint density at radius 1 is 0.460 bits per heavy atom. The Morgan fingerprint density at radius 2 is 0.870 bits per heavy atom. The highest BCUT2D eigenvalue weighted by molar-refractivity contribution is 9.11. The van der Waals surface area contributed by atoms with E-state index in [2.05, 4.69) is 201 Å². The van der Waals surface area contributed by atoms with Crippen molar-refractivity contribution in [2.24, 2.45) is 0 Å². The van der Waals surface area contributed by atoms with E-state index in [0.29, 0.717) is 5.39 Å². The Kier molecular flexibility index (Phi) is 26.7. The van der Waals surface area contributed by atoms with Gasteiger partial charge in [0.2, 0.25) is 0 Å². The minimum Gasteiger partial charge on any atom is -0.399 e. The third-order valence-electron chi connectivity index (χ3n) is 19.2. The number of thiol groups is 1. The fourth-order valence-electron chi connectivity index (χ4n) is 13.0. The number of hydrogen-bond acceptors (Lipinski definition) is 9. The van der Waals surface area contributed by atoms with Gasteiger partial charge in [0.1, 0.15) is 0 Å². The first-order valence-corrected chi connectivity index (χ1v) is 42.1. The van der Waals surface area contributed by atoms with E-state index < -0.39 is 16.2 Å². The zero-order valence-electron chi connectivity index (χ0n) is 56.6. The van der Waals surface area contributed by atoms with Gasteiger partial charge in [0, 0.05) is 77.3 Å². The lowest BCUT2D eigenvalue weighted by molar-refractivity contribution is 0.00578. The van der Waals surface area contributed by atoms with Crippen LogP contribution in [0, 0.1) is 0 Å². The van der Waals surface area contributed by atoms with E-state index >= 15 is 0 Å². The van der Waals surface area contributed by atoms with Gasteiger partial charge in [0.15, 0.2) is 0 Å². The molecule has 10 aromatic carbocycles. The summed E-state index contributed by atoms with van der Waals surface area (Å²) in [7, 11) is 1.21. The molecule has 4 fully saturated rings. The van der Waals surface area contributed by atoms with Crippen molar-refractivity contribution in [3.63, 3.8) is 0 Å². The molecule has 0 radical (unpaired) electrons. The molecule has 0 spiro atoms. The van der Waals surface area contributed by atoms with Crippen molar-refractivity contribution in [3.8, 4) is 11.1 Å². The Balaban J connectivity index is 0.000000126. The predicted molar refractivity (Wildman–Crippen MR) is 444 cm³/mol. The molecule has 0 atom stereocenters. The minimum atomic E-state index is -3.65. The first kappa shape index (κ1) is 76.0. The largest absolute Gasteiger partial charge is 0.494 e. The molecule has 518 valence electrons. The van der Waals surface area contributed by atoms with Crippen molar-refractivity contribution in [1.29, 1.82) is 0 Å². The van der Waals surface area contributed by atoms with Gasteiger partial charge < -0.3 is 19.3 Å². The Morgan fingerprint density at radius 3 is 1.37 bits per heavy atom. The van der Waals surface area contributed by atoms with Crippen LogP contribution in [0.5, 0.6) is 0 Å². The predicted octanol–water partition coefficient (Wildman–Crippen LogP) is 24.8. The molecular formula is C82H82BBr4ClN2O6S4. The lowest BCUT2D eigenvalue weighted by atomic mass is 9.78. The van der Waals surface area contributed by atoms with Gasteiger partial charge >= 0.3 is 7.12 Å². The van der Waals surface area contributed by atoms with Crippen molar-refractivity contribution in [3.05, 3.63) is 241 Å². The van der Waals surface area contributed by atoms with Crippen molar-refractivity contribution in [2.45, 2.75) is 170 Å². The highest BCUT2D eigenvalue weighted by Crippen LogP contribution is 2.40. The second kappa shape index (κ2) is 35.1. The van der Waals surface area contributed by atoms with E-state index in [1.165, 1.54) is 155 Å². The second-order valence-electron chi connectivity index (χ2n) is 26.9. The molecule has 0 bridgehead atoms. The van der Waals surface area contributed by atoms with Gasteiger partial charge in [0.25, 0.3) is 20.2 Å². The molecule has 1 aliphatic heterocycles. The first-order chi connectivity index (χ1) is 48.0. The summed E-state index contributed by atoms with van der Waals surface area (Å²) < 4.78 is 37.5. The monoisotopic (exact) mass is 1680 g/mol. The van der Waals surface area contributed by atoms with E-state index in [4.69, 9.17) is 20.0 Å². The van der Waals surface area contributed by atoms with Crippen molar-refractivity contribution < 1.29 is 17.7 Å². The van der Waals surface area contributed by atoms with Gasteiger partial charge in [-0.2, -0.15) is 0 Å². The number of benzene rings is 10. The number of fused-ring (bicyclic) bond motifs is 6. The highest BCUT2D eigenvalue weighted by Gasteiger charge is 2.51. The van der Waals surface area contributed by atoms with Crippen molar-refractivity contribution >= 4 is 197 Å². The standard InChI is InChI=1S/C25H23NOS.C16H17BrS.C15H18BNO3.C10H6BrClO2S.C10H7BrS.C6H11Br/c27-25-24-11-9-18(15-19(24)13-14-26-25)22-8-4-5-17-16-21(10-12-23(17)22)28-20-6-2-1-3-7-20;17-16-8-4-5-12-11-14(9-10-15(12)16)18-13-6-2-1-3-7-13;1-14(2)15(3,4)20-16(19-14)11-5-6-12-10(9-11)7-8-17-13(12)18;11-10-3-1-2-7-6-8(15(12,13)14)4-5-9(7)10;11-10-3-1-2-7-6-8(12)4-5-9(7)10;7-6-4-2-1-3-5-6/h4-5,8-16,20H,1-3,6-7H2,(H,26,27);4-5,8-11,13H,1-3,6-7H2;5-9H,1-4H3,(H,17,18);1-6H;1-6,12H;6H,1-5H2. The van der Waals surface area contributed by atoms with E-state index in [9.17, 15) is 18.0 Å². The number of aromatic amines is 2. The fraction of sp³-hybridized carbons (Fsp3) is 0.293. The van der Waals surface area contributed by atoms with Crippen LogP contribution in [0.2, 0.25) is 0 Å². The number of H-pyrrole nitrogens is 2. The molecule has 4 aliphatic rings. The van der Waals surface area contributed by atoms with Crippen LogP contribution in [0.3, 0.4) is 0 Å². The zero-order valence-corrected chi connectivity index (χ0v) is 67.0. The summed E-state index contributed by atoms with van der Waals surface area (Å²) in [5, 5.41) is 14.3. The smallest absolute Gasteiger partial charge is 0.399 e. The molecular weight excluding hydrogens is 1600 g/mol. The average Bonchev–Trinajstić information content (AvgIpc) is 1.62. The van der Waals surface area contributed by atoms with E-state index in [0.717, 1.165) is 67.1 Å². The van der Waals surface area contributed by atoms with Crippen LogP contribution in [0.1, 0.15) is 124 Å². The van der Waals surface area contributed by atoms with E-state index in [-0.39, 0.29) is 27.2 Å². The summed E-state index contributed by atoms with van der Waals surface area (Å²) in [5.41, 5.74) is 2.46. The molecule has 2 aromatic heterocycles. The maximum atomic E-state index is 12.0. The van der Waals surface area contributed by atoms with Gasteiger partial charge in [0.05, 0.1) is 16.1 Å². The number of alkyl halides is 1. The number of hydrogen-bond donors (Lipinski definition) is 3. The Hall–Kier alpha value is -5.15. The number of aromatic nitrogens is 2. The van der Waals surface area contributed by atoms with Crippen LogP contribution in [-0.4, -0.2) is 52.0 Å².